The number of hydrogen-bond acceptors (Lipinski definition) is 13. The van der Waals surface area contributed by atoms with Crippen LogP contribution in [0.4, 0.5) is 0 Å². The molecule has 0 aromatic heterocycles. The van der Waals surface area contributed by atoms with Gasteiger partial charge in [-0.1, -0.05) is 26.0 Å². The van der Waals surface area contributed by atoms with E-state index >= 15 is 0 Å². The van der Waals surface area contributed by atoms with E-state index < -0.39 is 83.4 Å². The van der Waals surface area contributed by atoms with Gasteiger partial charge in [-0.05, 0) is 13.0 Å². The first-order chi connectivity index (χ1) is 22.4. The van der Waals surface area contributed by atoms with Gasteiger partial charge < -0.3 is 43.7 Å². The van der Waals surface area contributed by atoms with Gasteiger partial charge in [-0.15, -0.1) is 0 Å². The third-order valence-electron chi connectivity index (χ3n) is 10.2. The van der Waals surface area contributed by atoms with Gasteiger partial charge in [0.2, 0.25) is 5.78 Å². The summed E-state index contributed by atoms with van der Waals surface area (Å²) in [7, 11) is 2.92. The van der Waals surface area contributed by atoms with E-state index in [0.717, 1.165) is 0 Å². The second-order valence-electron chi connectivity index (χ2n) is 13.2. The molecule has 0 bridgehead atoms. The summed E-state index contributed by atoms with van der Waals surface area (Å²) in [6.07, 6.45) is -4.18. The van der Waals surface area contributed by atoms with Gasteiger partial charge in [0.15, 0.2) is 30.4 Å². The van der Waals surface area contributed by atoms with E-state index in [4.69, 9.17) is 28.4 Å². The van der Waals surface area contributed by atoms with Gasteiger partial charge in [-0.25, -0.2) is 0 Å². The number of fused-ring (bicyclic) bond motifs is 6. The minimum atomic E-state index is -2.01. The Morgan fingerprint density at radius 1 is 1.06 bits per heavy atom. The molecule has 2 aromatic rings. The largest absolute Gasteiger partial charge is 0.507 e. The number of aliphatic hydroxyl groups is 1. The van der Waals surface area contributed by atoms with Crippen molar-refractivity contribution in [3.05, 3.63) is 51.6 Å². The standard InChI is InChI=1S/C34H39NO12/c1-14(2)31(40)34(41)12-17-23(29(39)25-24(27(17)37)26(36)16-7-6-8-19(42-4)22(16)28(25)38)20(13-34)46-21-11-18-30(15(3)45-21)47-32-33(43-5)44-10-9-35(18)32/h6-8,14-15,18,20-21,30,32-33,37,39,41H,9-13H2,1-5H3/t15-,18-,20-,21-,30+,32+,33-,34-/m0/s1. The number of morpholine rings is 1. The van der Waals surface area contributed by atoms with Crippen molar-refractivity contribution >= 4 is 17.3 Å². The van der Waals surface area contributed by atoms with Crippen LogP contribution in [-0.4, -0.2) is 108 Å². The first kappa shape index (κ1) is 32.1. The first-order valence-electron chi connectivity index (χ1n) is 15.9. The van der Waals surface area contributed by atoms with Gasteiger partial charge in [0.25, 0.3) is 0 Å². The molecule has 7 rings (SSSR count). The molecule has 3 fully saturated rings. The fraction of sp³-hybridized carbons (Fsp3) is 0.559. The fourth-order valence-electron chi connectivity index (χ4n) is 8.05. The molecule has 2 aliphatic carbocycles. The Kier molecular flexibility index (Phi) is 7.94. The van der Waals surface area contributed by atoms with Gasteiger partial charge in [0.1, 0.15) is 29.0 Å². The number of carbonyl (C=O) groups is 3. The second-order valence-corrected chi connectivity index (χ2v) is 13.2. The summed E-state index contributed by atoms with van der Waals surface area (Å²) in [5.74, 6) is -3.48. The van der Waals surface area contributed by atoms with Crippen LogP contribution in [0.5, 0.6) is 17.2 Å². The highest BCUT2D eigenvalue weighted by molar-refractivity contribution is 6.31. The summed E-state index contributed by atoms with van der Waals surface area (Å²) >= 11 is 0. The molecule has 252 valence electrons. The molecule has 3 saturated heterocycles. The zero-order valence-electron chi connectivity index (χ0n) is 26.8. The van der Waals surface area contributed by atoms with E-state index in [1.807, 2.05) is 6.92 Å². The van der Waals surface area contributed by atoms with Crippen molar-refractivity contribution in [1.29, 1.82) is 0 Å². The van der Waals surface area contributed by atoms with E-state index in [9.17, 15) is 29.7 Å². The van der Waals surface area contributed by atoms with Crippen LogP contribution in [0.15, 0.2) is 18.2 Å². The number of rotatable bonds is 6. The molecule has 3 aliphatic heterocycles. The Labute approximate surface area is 271 Å². The molecular weight excluding hydrogens is 614 g/mol. The molecule has 0 spiro atoms. The zero-order valence-corrected chi connectivity index (χ0v) is 26.8. The molecule has 13 nitrogen and oxygen atoms in total. The minimum Gasteiger partial charge on any atom is -0.507 e. The zero-order chi connectivity index (χ0) is 33.5. The normalized spacial score (nSPS) is 33.1. The number of ether oxygens (including phenoxy) is 6. The van der Waals surface area contributed by atoms with Crippen molar-refractivity contribution in [3.63, 3.8) is 0 Å². The number of hydrogen-bond donors (Lipinski definition) is 3. The molecule has 5 aliphatic rings. The highest BCUT2D eigenvalue weighted by Crippen LogP contribution is 2.53. The van der Waals surface area contributed by atoms with Crippen LogP contribution in [0.2, 0.25) is 0 Å². The summed E-state index contributed by atoms with van der Waals surface area (Å²) in [5.41, 5.74) is -2.84. The summed E-state index contributed by atoms with van der Waals surface area (Å²) in [4.78, 5) is 43.4. The van der Waals surface area contributed by atoms with Crippen molar-refractivity contribution in [2.45, 2.75) is 88.8 Å². The number of Topliss-reactive ketones (excluding diaryl/α,β-unsaturated/α-hetero) is 1. The van der Waals surface area contributed by atoms with Crippen molar-refractivity contribution in [3.8, 4) is 17.2 Å². The maximum Gasteiger partial charge on any atom is 0.202 e. The van der Waals surface area contributed by atoms with E-state index in [0.29, 0.717) is 19.6 Å². The average molecular weight is 654 g/mol. The second kappa shape index (κ2) is 11.6. The number of aromatic hydroxyl groups is 2. The monoisotopic (exact) mass is 653 g/mol. The van der Waals surface area contributed by atoms with E-state index in [-0.39, 0.29) is 52.1 Å². The molecule has 0 saturated carbocycles. The van der Waals surface area contributed by atoms with Crippen LogP contribution in [0.3, 0.4) is 0 Å². The molecule has 13 heteroatoms. The molecule has 3 N–H and O–H groups in total. The highest BCUT2D eigenvalue weighted by Gasteiger charge is 2.55. The number of phenols is 2. The third-order valence-corrected chi connectivity index (χ3v) is 10.2. The number of methoxy groups -OCH3 is 2. The summed E-state index contributed by atoms with van der Waals surface area (Å²) in [6, 6.07) is 4.38. The molecule has 0 unspecified atom stereocenters. The lowest BCUT2D eigenvalue weighted by molar-refractivity contribution is -0.256. The van der Waals surface area contributed by atoms with Gasteiger partial charge in [0.05, 0.1) is 42.6 Å². The number of phenolic OH excluding ortho intramolecular Hbond substituents is 2. The summed E-state index contributed by atoms with van der Waals surface area (Å²) in [5, 5.41) is 35.4. The fourth-order valence-corrected chi connectivity index (χ4v) is 8.05. The molecule has 47 heavy (non-hydrogen) atoms. The quantitative estimate of drug-likeness (QED) is 0.332. The lowest BCUT2D eigenvalue weighted by Crippen LogP contribution is -2.55. The Morgan fingerprint density at radius 3 is 2.51 bits per heavy atom. The predicted octanol–water partition coefficient (Wildman–Crippen LogP) is 2.38. The van der Waals surface area contributed by atoms with Crippen molar-refractivity contribution in [1.82, 2.24) is 4.90 Å². The number of carbonyl (C=O) groups excluding carboxylic acids is 3. The first-order valence-corrected chi connectivity index (χ1v) is 15.9. The minimum absolute atomic E-state index is 0.00341. The molecule has 2 aromatic carbocycles. The Balaban J connectivity index is 1.30. The van der Waals surface area contributed by atoms with Gasteiger partial charge in [0, 0.05) is 61.6 Å². The van der Waals surface area contributed by atoms with Crippen LogP contribution < -0.4 is 4.74 Å². The van der Waals surface area contributed by atoms with Crippen molar-refractivity contribution in [2.24, 2.45) is 5.92 Å². The van der Waals surface area contributed by atoms with Gasteiger partial charge in [-0.3, -0.25) is 19.3 Å². The highest BCUT2D eigenvalue weighted by atomic mass is 16.7. The van der Waals surface area contributed by atoms with E-state index in [2.05, 4.69) is 4.90 Å². The lowest BCUT2D eigenvalue weighted by atomic mass is 9.70. The van der Waals surface area contributed by atoms with Crippen LogP contribution >= 0.6 is 0 Å². The molecular formula is C34H39NO12. The Hall–Kier alpha value is -3.43. The van der Waals surface area contributed by atoms with Crippen LogP contribution in [0.1, 0.15) is 82.7 Å². The topological polar surface area (TPSA) is 171 Å². The molecule has 8 atom stereocenters. The molecule has 0 radical (unpaired) electrons. The van der Waals surface area contributed by atoms with Crippen molar-refractivity contribution < 1.29 is 58.1 Å². The van der Waals surface area contributed by atoms with Gasteiger partial charge in [-0.2, -0.15) is 0 Å². The van der Waals surface area contributed by atoms with Crippen LogP contribution in [0, 0.1) is 5.92 Å². The lowest BCUT2D eigenvalue weighted by Gasteiger charge is -2.43. The predicted molar refractivity (Wildman–Crippen MR) is 161 cm³/mol. The maximum absolute atomic E-state index is 14.0. The SMILES string of the molecule is COc1cccc2c1C(=O)c1c(O)c3c(c(O)c1C2=O)C[C@@](O)(C(=O)C(C)C)C[C@@H]3O[C@H]1C[C@H]2[C@H](O[C@@H]3[C@@H](OC)OCCN32)[C@H](C)O1. The third kappa shape index (κ3) is 4.82. The van der Waals surface area contributed by atoms with Crippen LogP contribution in [0.25, 0.3) is 0 Å². The average Bonchev–Trinajstić information content (AvgIpc) is 3.43. The molecule has 0 amide bonds. The number of nitrogens with zero attached hydrogens (tertiary/aromatic N) is 1. The van der Waals surface area contributed by atoms with E-state index in [1.165, 1.54) is 19.2 Å². The van der Waals surface area contributed by atoms with E-state index in [1.54, 1.807) is 27.0 Å². The van der Waals surface area contributed by atoms with Crippen molar-refractivity contribution in [2.75, 3.05) is 27.4 Å². The maximum atomic E-state index is 14.0. The Morgan fingerprint density at radius 2 is 1.81 bits per heavy atom. The summed E-state index contributed by atoms with van der Waals surface area (Å²) in [6.45, 7) is 6.21. The number of benzene rings is 2. The van der Waals surface area contributed by atoms with Crippen LogP contribution in [-0.2, 0) is 34.9 Å². The van der Waals surface area contributed by atoms with Gasteiger partial charge >= 0.3 is 0 Å². The number of ketones is 3. The summed E-state index contributed by atoms with van der Waals surface area (Å²) < 4.78 is 35.7. The molecule has 3 heterocycles. The smallest absolute Gasteiger partial charge is 0.202 e. The Bertz CT molecular complexity index is 1660.